The van der Waals surface area contributed by atoms with Crippen molar-refractivity contribution in [2.24, 2.45) is 29.1 Å². The van der Waals surface area contributed by atoms with Crippen molar-refractivity contribution >= 4 is 5.91 Å². The molecule has 4 aliphatic carbocycles. The fourth-order valence-corrected chi connectivity index (χ4v) is 6.48. The van der Waals surface area contributed by atoms with Gasteiger partial charge in [-0.3, -0.25) is 9.69 Å². The maximum atomic E-state index is 12.4. The molecule has 0 radical (unpaired) electrons. The molecule has 22 heavy (non-hydrogen) atoms. The highest BCUT2D eigenvalue weighted by Crippen LogP contribution is 2.59. The first-order chi connectivity index (χ1) is 10.6. The second kappa shape index (κ2) is 5.81. The fraction of sp³-hybridized carbons (Fsp3) is 0.947. The van der Waals surface area contributed by atoms with Crippen LogP contribution in [0.5, 0.6) is 0 Å². The van der Waals surface area contributed by atoms with Crippen molar-refractivity contribution in [1.82, 2.24) is 10.2 Å². The molecule has 0 aromatic heterocycles. The van der Waals surface area contributed by atoms with E-state index in [2.05, 4.69) is 17.1 Å². The van der Waals surface area contributed by atoms with E-state index in [-0.39, 0.29) is 5.91 Å². The van der Waals surface area contributed by atoms with Gasteiger partial charge in [0, 0.05) is 13.1 Å². The number of amides is 1. The van der Waals surface area contributed by atoms with Gasteiger partial charge in [-0.15, -0.1) is 0 Å². The van der Waals surface area contributed by atoms with Crippen LogP contribution in [0.4, 0.5) is 0 Å². The Hall–Kier alpha value is -0.570. The van der Waals surface area contributed by atoms with E-state index in [0.717, 1.165) is 43.3 Å². The molecule has 124 valence electrons. The topological polar surface area (TPSA) is 32.3 Å². The lowest BCUT2D eigenvalue weighted by molar-refractivity contribution is -0.124. The van der Waals surface area contributed by atoms with E-state index >= 15 is 0 Å². The van der Waals surface area contributed by atoms with Crippen molar-refractivity contribution < 1.29 is 4.79 Å². The maximum absolute atomic E-state index is 12.4. The third-order valence-corrected chi connectivity index (χ3v) is 6.93. The Morgan fingerprint density at radius 2 is 1.77 bits per heavy atom. The summed E-state index contributed by atoms with van der Waals surface area (Å²) < 4.78 is 0. The third-order valence-electron chi connectivity index (χ3n) is 6.93. The quantitative estimate of drug-likeness (QED) is 0.866. The van der Waals surface area contributed by atoms with Crippen LogP contribution in [0.3, 0.4) is 0 Å². The number of nitrogens with one attached hydrogen (secondary N) is 1. The molecule has 0 spiro atoms. The smallest absolute Gasteiger partial charge is 0.234 e. The van der Waals surface area contributed by atoms with E-state index in [1.165, 1.54) is 51.4 Å². The van der Waals surface area contributed by atoms with E-state index in [1.54, 1.807) is 0 Å². The van der Waals surface area contributed by atoms with Gasteiger partial charge in [0.1, 0.15) is 0 Å². The summed E-state index contributed by atoms with van der Waals surface area (Å²) in [5, 5.41) is 3.32. The maximum Gasteiger partial charge on any atom is 0.234 e. The van der Waals surface area contributed by atoms with Gasteiger partial charge in [-0.25, -0.2) is 0 Å². The summed E-state index contributed by atoms with van der Waals surface area (Å²) in [6.07, 6.45) is 11.2. The summed E-state index contributed by atoms with van der Waals surface area (Å²) in [6, 6.07) is 0. The molecule has 3 nitrogen and oxygen atoms in total. The zero-order chi connectivity index (χ0) is 15.2. The Morgan fingerprint density at radius 3 is 2.36 bits per heavy atom. The number of hydrogen-bond acceptors (Lipinski definition) is 2. The highest BCUT2D eigenvalue weighted by atomic mass is 16.2. The van der Waals surface area contributed by atoms with E-state index in [4.69, 9.17) is 0 Å². The molecule has 0 aromatic rings. The molecule has 5 rings (SSSR count). The van der Waals surface area contributed by atoms with Gasteiger partial charge in [0.2, 0.25) is 5.91 Å². The van der Waals surface area contributed by atoms with Gasteiger partial charge in [0.25, 0.3) is 0 Å². The van der Waals surface area contributed by atoms with Gasteiger partial charge in [-0.05, 0) is 87.0 Å². The standard InChI is InChI=1S/C19H32N2O/c1-14-3-2-4-21(11-14)12-18(22)20-13-19-8-15-5-16(9-19)7-17(6-15)10-19/h14-17H,2-13H2,1H3,(H,20,22)/t14-,15?,16?,17?,19?/m1/s1. The molecule has 1 heterocycles. The summed E-state index contributed by atoms with van der Waals surface area (Å²) in [6.45, 7) is 6.09. The van der Waals surface area contributed by atoms with Crippen molar-refractivity contribution in [2.75, 3.05) is 26.2 Å². The molecule has 4 bridgehead atoms. The Labute approximate surface area is 135 Å². The van der Waals surface area contributed by atoms with E-state index in [1.807, 2.05) is 0 Å². The van der Waals surface area contributed by atoms with Gasteiger partial charge in [0.15, 0.2) is 0 Å². The van der Waals surface area contributed by atoms with Crippen LogP contribution in [0.25, 0.3) is 0 Å². The van der Waals surface area contributed by atoms with Crippen molar-refractivity contribution in [2.45, 2.75) is 58.3 Å². The number of carbonyl (C=O) groups is 1. The van der Waals surface area contributed by atoms with Crippen LogP contribution in [0.2, 0.25) is 0 Å². The number of hydrogen-bond donors (Lipinski definition) is 1. The summed E-state index contributed by atoms with van der Waals surface area (Å²) in [5.41, 5.74) is 0.472. The van der Waals surface area contributed by atoms with Crippen LogP contribution in [0, 0.1) is 29.1 Å². The van der Waals surface area contributed by atoms with Crippen LogP contribution in [-0.2, 0) is 4.79 Å². The molecule has 1 amide bonds. The summed E-state index contributed by atoms with van der Waals surface area (Å²) in [4.78, 5) is 14.7. The zero-order valence-electron chi connectivity index (χ0n) is 14.2. The number of carbonyl (C=O) groups excluding carboxylic acids is 1. The van der Waals surface area contributed by atoms with Crippen LogP contribution < -0.4 is 5.32 Å². The Kier molecular flexibility index (Phi) is 3.96. The van der Waals surface area contributed by atoms with Gasteiger partial charge in [-0.2, -0.15) is 0 Å². The average Bonchev–Trinajstić information content (AvgIpc) is 2.44. The average molecular weight is 304 g/mol. The third kappa shape index (κ3) is 3.06. The molecular formula is C19H32N2O. The molecule has 0 aromatic carbocycles. The highest BCUT2D eigenvalue weighted by Gasteiger charge is 2.50. The monoisotopic (exact) mass is 304 g/mol. The van der Waals surface area contributed by atoms with E-state index in [9.17, 15) is 4.79 Å². The first-order valence-corrected chi connectivity index (χ1v) is 9.59. The molecule has 5 fully saturated rings. The molecule has 1 atom stereocenters. The minimum Gasteiger partial charge on any atom is -0.354 e. The van der Waals surface area contributed by atoms with E-state index in [0.29, 0.717) is 12.0 Å². The second-order valence-corrected chi connectivity index (χ2v) is 9.18. The van der Waals surface area contributed by atoms with Gasteiger partial charge in [-0.1, -0.05) is 6.92 Å². The van der Waals surface area contributed by atoms with Gasteiger partial charge in [0.05, 0.1) is 6.54 Å². The number of rotatable bonds is 4. The Bertz CT molecular complexity index is 398. The first kappa shape index (κ1) is 15.0. The summed E-state index contributed by atoms with van der Waals surface area (Å²) in [5.74, 6) is 3.96. The van der Waals surface area contributed by atoms with Gasteiger partial charge < -0.3 is 5.32 Å². The molecule has 1 aliphatic heterocycles. The summed E-state index contributed by atoms with van der Waals surface area (Å²) in [7, 11) is 0. The predicted molar refractivity (Wildman–Crippen MR) is 88.5 cm³/mol. The minimum absolute atomic E-state index is 0.268. The summed E-state index contributed by atoms with van der Waals surface area (Å²) >= 11 is 0. The lowest BCUT2D eigenvalue weighted by atomic mass is 9.49. The number of likely N-dealkylation sites (tertiary alicyclic amines) is 1. The molecular weight excluding hydrogens is 272 g/mol. The molecule has 4 saturated carbocycles. The van der Waals surface area contributed by atoms with Crippen molar-refractivity contribution in [3.8, 4) is 0 Å². The molecule has 3 heteroatoms. The predicted octanol–water partition coefficient (Wildman–Crippen LogP) is 3.05. The van der Waals surface area contributed by atoms with Crippen molar-refractivity contribution in [3.63, 3.8) is 0 Å². The van der Waals surface area contributed by atoms with E-state index < -0.39 is 0 Å². The van der Waals surface area contributed by atoms with Crippen molar-refractivity contribution in [3.05, 3.63) is 0 Å². The number of nitrogens with zero attached hydrogens (tertiary/aromatic N) is 1. The lowest BCUT2D eigenvalue weighted by Gasteiger charge is -2.57. The van der Waals surface area contributed by atoms with Crippen LogP contribution in [-0.4, -0.2) is 37.0 Å². The molecule has 1 N–H and O–H groups in total. The van der Waals surface area contributed by atoms with Crippen molar-refractivity contribution in [1.29, 1.82) is 0 Å². The fourth-order valence-electron chi connectivity index (χ4n) is 6.48. The molecule has 0 unspecified atom stereocenters. The molecule has 1 saturated heterocycles. The lowest BCUT2D eigenvalue weighted by Crippen LogP contribution is -2.52. The van der Waals surface area contributed by atoms with Crippen LogP contribution in [0.15, 0.2) is 0 Å². The first-order valence-electron chi connectivity index (χ1n) is 9.59. The highest BCUT2D eigenvalue weighted by molar-refractivity contribution is 5.78. The van der Waals surface area contributed by atoms with Crippen LogP contribution >= 0.6 is 0 Å². The largest absolute Gasteiger partial charge is 0.354 e. The SMILES string of the molecule is C[C@@H]1CCCN(CC(=O)NCC23CC4CC(CC(C4)C2)C3)C1. The van der Waals surface area contributed by atoms with Gasteiger partial charge >= 0.3 is 0 Å². The number of piperidine rings is 1. The van der Waals surface area contributed by atoms with Crippen LogP contribution in [0.1, 0.15) is 58.3 Å². The minimum atomic E-state index is 0.268. The Morgan fingerprint density at radius 1 is 1.14 bits per heavy atom. The Balaban J connectivity index is 1.28. The molecule has 5 aliphatic rings. The second-order valence-electron chi connectivity index (χ2n) is 9.18. The normalized spacial score (nSPS) is 44.2. The zero-order valence-corrected chi connectivity index (χ0v) is 14.2.